The number of benzene rings is 3. The molecule has 19 heavy (non-hydrogen) atoms. The van der Waals surface area contributed by atoms with Gasteiger partial charge in [0.15, 0.2) is 0 Å². The minimum atomic E-state index is -4.27. The predicted octanol–water partition coefficient (Wildman–Crippen LogP) is 3.55. The minimum Gasteiger partial charge on any atom is -0.282 e. The highest BCUT2D eigenvalue weighted by Crippen LogP contribution is 2.34. The standard InChI is InChI=1S/C15H12O3S/c1-10-11-6-2-4-8-13(11)15(19(16,17)18)14-9-5-3-7-12(10)14/h2-9H,1H3,(H,16,17,18). The van der Waals surface area contributed by atoms with E-state index in [1.54, 1.807) is 24.3 Å². The number of hydrogen-bond donors (Lipinski definition) is 1. The van der Waals surface area contributed by atoms with Gasteiger partial charge in [0.1, 0.15) is 4.90 Å². The van der Waals surface area contributed by atoms with Crippen molar-refractivity contribution in [1.82, 2.24) is 0 Å². The lowest BCUT2D eigenvalue weighted by Crippen LogP contribution is -2.01. The SMILES string of the molecule is Cc1c2ccccc2c(S(=O)(=O)O)c2ccccc12. The van der Waals surface area contributed by atoms with Gasteiger partial charge in [-0.1, -0.05) is 48.5 Å². The van der Waals surface area contributed by atoms with Crippen LogP contribution in [0, 0.1) is 6.92 Å². The van der Waals surface area contributed by atoms with Crippen LogP contribution in [0.2, 0.25) is 0 Å². The third-order valence-corrected chi connectivity index (χ3v) is 4.37. The van der Waals surface area contributed by atoms with Gasteiger partial charge in [-0.2, -0.15) is 8.42 Å². The third-order valence-electron chi connectivity index (χ3n) is 3.41. The zero-order chi connectivity index (χ0) is 13.6. The lowest BCUT2D eigenvalue weighted by Gasteiger charge is -2.12. The molecule has 0 saturated carbocycles. The lowest BCUT2D eigenvalue weighted by molar-refractivity contribution is 0.485. The summed E-state index contributed by atoms with van der Waals surface area (Å²) in [6, 6.07) is 14.4. The molecule has 3 aromatic carbocycles. The number of fused-ring (bicyclic) bond motifs is 2. The predicted molar refractivity (Wildman–Crippen MR) is 76.0 cm³/mol. The topological polar surface area (TPSA) is 54.4 Å². The van der Waals surface area contributed by atoms with Gasteiger partial charge in [-0.3, -0.25) is 4.55 Å². The summed E-state index contributed by atoms with van der Waals surface area (Å²) in [4.78, 5) is -0.00991. The van der Waals surface area contributed by atoms with Crippen LogP contribution < -0.4 is 0 Å². The van der Waals surface area contributed by atoms with E-state index in [-0.39, 0.29) is 4.90 Å². The quantitative estimate of drug-likeness (QED) is 0.544. The monoisotopic (exact) mass is 272 g/mol. The fourth-order valence-electron chi connectivity index (χ4n) is 2.58. The summed E-state index contributed by atoms with van der Waals surface area (Å²) in [6.45, 7) is 1.96. The summed E-state index contributed by atoms with van der Waals surface area (Å²) in [6.07, 6.45) is 0. The first-order valence-corrected chi connectivity index (χ1v) is 7.31. The summed E-state index contributed by atoms with van der Waals surface area (Å²) in [5.74, 6) is 0. The van der Waals surface area contributed by atoms with Crippen molar-refractivity contribution in [2.45, 2.75) is 11.8 Å². The largest absolute Gasteiger partial charge is 0.295 e. The van der Waals surface area contributed by atoms with Gasteiger partial charge in [-0.15, -0.1) is 0 Å². The van der Waals surface area contributed by atoms with E-state index in [0.29, 0.717) is 10.8 Å². The molecular weight excluding hydrogens is 260 g/mol. The Hall–Kier alpha value is -1.91. The molecule has 1 N–H and O–H groups in total. The molecule has 0 bridgehead atoms. The van der Waals surface area contributed by atoms with Crippen LogP contribution in [0.3, 0.4) is 0 Å². The Bertz CT molecular complexity index is 839. The normalized spacial score (nSPS) is 12.1. The van der Waals surface area contributed by atoms with E-state index in [9.17, 15) is 13.0 Å². The molecular formula is C15H12O3S. The van der Waals surface area contributed by atoms with E-state index in [1.807, 2.05) is 31.2 Å². The van der Waals surface area contributed by atoms with Crippen molar-refractivity contribution in [3.8, 4) is 0 Å². The molecule has 0 aliphatic rings. The molecule has 96 valence electrons. The Balaban J connectivity index is 2.73. The molecule has 0 saturated heterocycles. The zero-order valence-corrected chi connectivity index (χ0v) is 11.1. The molecule has 0 fully saturated rings. The van der Waals surface area contributed by atoms with Crippen LogP contribution >= 0.6 is 0 Å². The highest BCUT2D eigenvalue weighted by molar-refractivity contribution is 7.86. The second kappa shape index (κ2) is 4.05. The van der Waals surface area contributed by atoms with Gasteiger partial charge < -0.3 is 0 Å². The van der Waals surface area contributed by atoms with Crippen LogP contribution in [0.15, 0.2) is 53.4 Å². The van der Waals surface area contributed by atoms with E-state index in [0.717, 1.165) is 16.3 Å². The Morgan fingerprint density at radius 1 is 0.789 bits per heavy atom. The summed E-state index contributed by atoms with van der Waals surface area (Å²) in [5.41, 5.74) is 1.01. The second-order valence-electron chi connectivity index (χ2n) is 4.52. The third kappa shape index (κ3) is 1.80. The Labute approximate surface area is 111 Å². The van der Waals surface area contributed by atoms with E-state index in [1.165, 1.54) is 0 Å². The fraction of sp³-hybridized carbons (Fsp3) is 0.0667. The van der Waals surface area contributed by atoms with Gasteiger partial charge in [0.25, 0.3) is 10.1 Å². The zero-order valence-electron chi connectivity index (χ0n) is 10.3. The van der Waals surface area contributed by atoms with Gasteiger partial charge >= 0.3 is 0 Å². The van der Waals surface area contributed by atoms with Crippen molar-refractivity contribution >= 4 is 31.7 Å². The van der Waals surface area contributed by atoms with Gasteiger partial charge in [-0.25, -0.2) is 0 Å². The lowest BCUT2D eigenvalue weighted by atomic mass is 9.98. The molecule has 0 amide bonds. The highest BCUT2D eigenvalue weighted by atomic mass is 32.2. The average molecular weight is 272 g/mol. The van der Waals surface area contributed by atoms with Gasteiger partial charge in [0.2, 0.25) is 0 Å². The minimum absolute atomic E-state index is 0.00991. The van der Waals surface area contributed by atoms with Crippen LogP contribution in [-0.4, -0.2) is 13.0 Å². The first-order chi connectivity index (χ1) is 9.00. The average Bonchev–Trinajstić information content (AvgIpc) is 2.38. The van der Waals surface area contributed by atoms with Crippen molar-refractivity contribution < 1.29 is 13.0 Å². The Morgan fingerprint density at radius 3 is 1.53 bits per heavy atom. The summed E-state index contributed by atoms with van der Waals surface area (Å²) in [7, 11) is -4.27. The molecule has 0 aromatic heterocycles. The molecule has 0 radical (unpaired) electrons. The van der Waals surface area contributed by atoms with E-state index in [4.69, 9.17) is 0 Å². The first kappa shape index (κ1) is 12.1. The van der Waals surface area contributed by atoms with Crippen LogP contribution in [0.5, 0.6) is 0 Å². The van der Waals surface area contributed by atoms with E-state index in [2.05, 4.69) is 0 Å². The molecule has 4 heteroatoms. The Kier molecular flexibility index (Phi) is 2.59. The molecule has 0 unspecified atom stereocenters. The molecule has 0 atom stereocenters. The van der Waals surface area contributed by atoms with Crippen molar-refractivity contribution in [1.29, 1.82) is 0 Å². The molecule has 3 nitrogen and oxygen atoms in total. The van der Waals surface area contributed by atoms with Crippen molar-refractivity contribution in [3.63, 3.8) is 0 Å². The Morgan fingerprint density at radius 2 is 1.16 bits per heavy atom. The summed E-state index contributed by atoms with van der Waals surface area (Å²) >= 11 is 0. The van der Waals surface area contributed by atoms with E-state index >= 15 is 0 Å². The maximum atomic E-state index is 11.7. The molecule has 3 rings (SSSR count). The number of rotatable bonds is 1. The maximum Gasteiger partial charge on any atom is 0.295 e. The number of aryl methyl sites for hydroxylation is 1. The smallest absolute Gasteiger partial charge is 0.282 e. The van der Waals surface area contributed by atoms with Crippen LogP contribution in [0.4, 0.5) is 0 Å². The summed E-state index contributed by atoms with van der Waals surface area (Å²) in [5, 5.41) is 2.80. The first-order valence-electron chi connectivity index (χ1n) is 5.87. The molecule has 0 heterocycles. The van der Waals surface area contributed by atoms with Crippen molar-refractivity contribution in [2.24, 2.45) is 0 Å². The fourth-order valence-corrected chi connectivity index (χ4v) is 3.50. The molecule has 0 spiro atoms. The van der Waals surface area contributed by atoms with Crippen LogP contribution in [-0.2, 0) is 10.1 Å². The summed E-state index contributed by atoms with van der Waals surface area (Å²) < 4.78 is 33.0. The van der Waals surface area contributed by atoms with Gasteiger partial charge in [0.05, 0.1) is 0 Å². The van der Waals surface area contributed by atoms with Crippen LogP contribution in [0.1, 0.15) is 5.56 Å². The van der Waals surface area contributed by atoms with E-state index < -0.39 is 10.1 Å². The van der Waals surface area contributed by atoms with Gasteiger partial charge in [-0.05, 0) is 23.3 Å². The van der Waals surface area contributed by atoms with Crippen molar-refractivity contribution in [2.75, 3.05) is 0 Å². The maximum absolute atomic E-state index is 11.7. The molecule has 0 aliphatic heterocycles. The second-order valence-corrected chi connectivity index (χ2v) is 5.88. The molecule has 3 aromatic rings. The van der Waals surface area contributed by atoms with Crippen LogP contribution in [0.25, 0.3) is 21.5 Å². The van der Waals surface area contributed by atoms with Gasteiger partial charge in [0, 0.05) is 10.8 Å². The number of hydrogen-bond acceptors (Lipinski definition) is 2. The molecule has 0 aliphatic carbocycles. The highest BCUT2D eigenvalue weighted by Gasteiger charge is 2.19. The van der Waals surface area contributed by atoms with Crippen molar-refractivity contribution in [3.05, 3.63) is 54.1 Å².